The van der Waals surface area contributed by atoms with Crippen LogP contribution in [0.5, 0.6) is 0 Å². The molecule has 1 aromatic carbocycles. The van der Waals surface area contributed by atoms with Gasteiger partial charge in [0, 0.05) is 78.7 Å². The third-order valence-corrected chi connectivity index (χ3v) is 12.8. The number of amides is 2. The van der Waals surface area contributed by atoms with Crippen molar-refractivity contribution < 1.29 is 38.6 Å². The van der Waals surface area contributed by atoms with Gasteiger partial charge < -0.3 is 29.7 Å². The number of nitrogens with one attached hydrogen (secondary N) is 1. The van der Waals surface area contributed by atoms with E-state index in [0.29, 0.717) is 19.4 Å². The number of benzene rings is 1. The van der Waals surface area contributed by atoms with Crippen molar-refractivity contribution >= 4 is 29.4 Å². The lowest BCUT2D eigenvalue weighted by atomic mass is 9.83. The SMILES string of the molecule is CC[C@H](C)[C@@H](C(CC(=O)N1CCC[C@H]1[C@H](OC)[C@@H](C)C(=O)CCC(Cc1ccccc1)C(=O)O)OC)N(C)C(=O)[C@@H](CC(=O)[C@H](C(C)C)N1CCNCC1)C(C)C. The van der Waals surface area contributed by atoms with Crippen molar-refractivity contribution in [1.29, 1.82) is 0 Å². The minimum absolute atomic E-state index is 0.000243. The molecule has 2 fully saturated rings. The van der Waals surface area contributed by atoms with Gasteiger partial charge in [-0.3, -0.25) is 28.9 Å². The maximum atomic E-state index is 14.5. The molecule has 2 saturated heterocycles. The number of carboxylic acid groups (broad SMARTS) is 1. The van der Waals surface area contributed by atoms with Gasteiger partial charge in [-0.1, -0.05) is 85.2 Å². The Bertz CT molecular complexity index is 1430. The number of likely N-dealkylation sites (N-methyl/N-ethyl adjacent to an activating group) is 1. The summed E-state index contributed by atoms with van der Waals surface area (Å²) in [5, 5.41) is 13.3. The van der Waals surface area contributed by atoms with Crippen LogP contribution in [-0.2, 0) is 39.9 Å². The number of hydrogen-bond acceptors (Lipinski definition) is 9. The Hall–Kier alpha value is -3.19. The zero-order chi connectivity index (χ0) is 42.4. The lowest BCUT2D eigenvalue weighted by Crippen LogP contribution is -2.55. The number of aliphatic carboxylic acids is 1. The smallest absolute Gasteiger partial charge is 0.306 e. The molecule has 9 atom stereocenters. The number of Topliss-reactive ketones (excluding diaryl/α,β-unsaturated/α-hetero) is 2. The van der Waals surface area contributed by atoms with Crippen molar-refractivity contribution in [2.24, 2.45) is 35.5 Å². The summed E-state index contributed by atoms with van der Waals surface area (Å²) in [6, 6.07) is 8.43. The van der Waals surface area contributed by atoms with Gasteiger partial charge >= 0.3 is 5.97 Å². The number of ether oxygens (including phenoxy) is 2. The highest BCUT2D eigenvalue weighted by Crippen LogP contribution is 2.32. The van der Waals surface area contributed by atoms with E-state index in [4.69, 9.17) is 9.47 Å². The second kappa shape index (κ2) is 23.4. The van der Waals surface area contributed by atoms with Crippen molar-refractivity contribution in [1.82, 2.24) is 20.0 Å². The molecule has 2 N–H and O–H groups in total. The van der Waals surface area contributed by atoms with Crippen molar-refractivity contribution in [3.63, 3.8) is 0 Å². The second-order valence-electron chi connectivity index (χ2n) is 17.3. The van der Waals surface area contributed by atoms with Crippen LogP contribution in [0, 0.1) is 35.5 Å². The summed E-state index contributed by atoms with van der Waals surface area (Å²) in [4.78, 5) is 74.2. The topological polar surface area (TPSA) is 146 Å². The molecule has 12 heteroatoms. The molecule has 2 aliphatic heterocycles. The number of rotatable bonds is 24. The molecule has 2 aliphatic rings. The van der Waals surface area contributed by atoms with E-state index in [1.165, 1.54) is 0 Å². The molecule has 0 saturated carbocycles. The average molecular weight is 799 g/mol. The fourth-order valence-electron chi connectivity index (χ4n) is 9.26. The van der Waals surface area contributed by atoms with Crippen LogP contribution < -0.4 is 5.32 Å². The molecule has 0 radical (unpaired) electrons. The molecular formula is C45H74N4O8. The molecule has 2 amide bonds. The number of carbonyl (C=O) groups is 5. The maximum absolute atomic E-state index is 14.5. The molecule has 1 aromatic rings. The number of carboxylic acids is 1. The summed E-state index contributed by atoms with van der Waals surface area (Å²) in [7, 11) is 4.93. The Morgan fingerprint density at radius 2 is 1.54 bits per heavy atom. The van der Waals surface area contributed by atoms with Crippen molar-refractivity contribution in [3.8, 4) is 0 Å². The van der Waals surface area contributed by atoms with E-state index in [1.807, 2.05) is 56.0 Å². The van der Waals surface area contributed by atoms with Crippen LogP contribution in [0.4, 0.5) is 0 Å². The van der Waals surface area contributed by atoms with Crippen molar-refractivity contribution in [2.45, 2.75) is 130 Å². The second-order valence-corrected chi connectivity index (χ2v) is 17.3. The number of nitrogens with zero attached hydrogens (tertiary/aromatic N) is 3. The zero-order valence-corrected chi connectivity index (χ0v) is 36.6. The fraction of sp³-hybridized carbons (Fsp3) is 0.756. The highest BCUT2D eigenvalue weighted by Gasteiger charge is 2.43. The van der Waals surface area contributed by atoms with E-state index in [0.717, 1.165) is 44.6 Å². The minimum Gasteiger partial charge on any atom is -0.481 e. The van der Waals surface area contributed by atoms with Crippen LogP contribution in [0.2, 0.25) is 0 Å². The first kappa shape index (κ1) is 48.2. The first-order valence-corrected chi connectivity index (χ1v) is 21.5. The van der Waals surface area contributed by atoms with Gasteiger partial charge in [0.25, 0.3) is 0 Å². The lowest BCUT2D eigenvalue weighted by Gasteiger charge is -2.41. The van der Waals surface area contributed by atoms with Gasteiger partial charge in [-0.15, -0.1) is 0 Å². The van der Waals surface area contributed by atoms with Crippen LogP contribution >= 0.6 is 0 Å². The molecule has 12 nitrogen and oxygen atoms in total. The molecular weight excluding hydrogens is 725 g/mol. The molecule has 0 spiro atoms. The van der Waals surface area contributed by atoms with Gasteiger partial charge in [0.15, 0.2) is 5.78 Å². The number of likely N-dealkylation sites (tertiary alicyclic amines) is 1. The quantitative estimate of drug-likeness (QED) is 0.140. The Morgan fingerprint density at radius 1 is 0.895 bits per heavy atom. The number of ketones is 2. The van der Waals surface area contributed by atoms with Gasteiger partial charge in [0.05, 0.1) is 42.7 Å². The van der Waals surface area contributed by atoms with Crippen LogP contribution in [0.3, 0.4) is 0 Å². The van der Waals surface area contributed by atoms with E-state index in [2.05, 4.69) is 37.9 Å². The van der Waals surface area contributed by atoms with E-state index in [9.17, 15) is 29.1 Å². The summed E-state index contributed by atoms with van der Waals surface area (Å²) < 4.78 is 12.0. The number of methoxy groups -OCH3 is 2. The molecule has 0 aliphatic carbocycles. The molecule has 57 heavy (non-hydrogen) atoms. The molecule has 322 valence electrons. The summed E-state index contributed by atoms with van der Waals surface area (Å²) in [6.07, 6.45) is 1.90. The van der Waals surface area contributed by atoms with Crippen LogP contribution in [0.25, 0.3) is 0 Å². The van der Waals surface area contributed by atoms with Gasteiger partial charge in [-0.05, 0) is 49.0 Å². The lowest BCUT2D eigenvalue weighted by molar-refractivity contribution is -0.149. The maximum Gasteiger partial charge on any atom is 0.306 e. The highest BCUT2D eigenvalue weighted by molar-refractivity contribution is 5.90. The van der Waals surface area contributed by atoms with E-state index in [1.54, 1.807) is 26.2 Å². The van der Waals surface area contributed by atoms with Gasteiger partial charge in [0.1, 0.15) is 5.78 Å². The molecule has 2 unspecified atom stereocenters. The molecule has 3 rings (SSSR count). The Morgan fingerprint density at radius 3 is 2.09 bits per heavy atom. The monoisotopic (exact) mass is 799 g/mol. The Balaban J connectivity index is 1.74. The first-order chi connectivity index (χ1) is 27.1. The Labute approximate surface area is 342 Å². The largest absolute Gasteiger partial charge is 0.481 e. The van der Waals surface area contributed by atoms with E-state index < -0.39 is 42.0 Å². The molecule has 0 bridgehead atoms. The standard InChI is InChI=1S/C45H74N4O8/c1-11-31(6)42(47(8)44(53)35(29(2)3)27-38(51)41(30(4)5)48-24-21-46-22-25-48)39(56-9)28-40(52)49-23-15-18-36(49)43(57-10)32(7)37(50)20-19-34(45(54)55)26-33-16-13-12-14-17-33/h12-14,16-17,29-32,34-36,39,41-43,46H,11,15,18-28H2,1-10H3,(H,54,55)/t31-,32-,34?,35-,36-,39?,41-,42-,43+/m0/s1. The molecule has 2 heterocycles. The van der Waals surface area contributed by atoms with E-state index in [-0.39, 0.29) is 78.9 Å². The zero-order valence-electron chi connectivity index (χ0n) is 36.6. The summed E-state index contributed by atoms with van der Waals surface area (Å²) in [5.41, 5.74) is 0.914. The molecule has 0 aromatic heterocycles. The third-order valence-electron chi connectivity index (χ3n) is 12.8. The van der Waals surface area contributed by atoms with Crippen LogP contribution in [0.1, 0.15) is 99.0 Å². The number of carbonyl (C=O) groups excluding carboxylic acids is 4. The fourth-order valence-corrected chi connectivity index (χ4v) is 9.26. The highest BCUT2D eigenvalue weighted by atomic mass is 16.5. The van der Waals surface area contributed by atoms with E-state index >= 15 is 0 Å². The summed E-state index contributed by atoms with van der Waals surface area (Å²) in [5.74, 6) is -2.85. The van der Waals surface area contributed by atoms with Gasteiger partial charge in [0.2, 0.25) is 11.8 Å². The van der Waals surface area contributed by atoms with Gasteiger partial charge in [-0.25, -0.2) is 0 Å². The van der Waals surface area contributed by atoms with Crippen LogP contribution in [0.15, 0.2) is 30.3 Å². The predicted octanol–water partition coefficient (Wildman–Crippen LogP) is 5.36. The summed E-state index contributed by atoms with van der Waals surface area (Å²) in [6.45, 7) is 17.9. The van der Waals surface area contributed by atoms with Gasteiger partial charge in [-0.2, -0.15) is 0 Å². The normalized spacial score (nSPS) is 20.7. The number of piperazine rings is 1. The third kappa shape index (κ3) is 13.2. The van der Waals surface area contributed by atoms with Crippen molar-refractivity contribution in [3.05, 3.63) is 35.9 Å². The van der Waals surface area contributed by atoms with Crippen LogP contribution in [-0.4, -0.2) is 133 Å². The minimum atomic E-state index is -0.926. The van der Waals surface area contributed by atoms with Crippen molar-refractivity contribution in [2.75, 3.05) is 54.0 Å². The average Bonchev–Trinajstić information content (AvgIpc) is 3.68. The summed E-state index contributed by atoms with van der Waals surface area (Å²) >= 11 is 0. The number of hydrogen-bond donors (Lipinski definition) is 2. The Kier molecular flexibility index (Phi) is 19.8. The first-order valence-electron chi connectivity index (χ1n) is 21.5. The predicted molar refractivity (Wildman–Crippen MR) is 223 cm³/mol.